The number of fused-ring (bicyclic) bond motifs is 1. The van der Waals surface area contributed by atoms with Gasteiger partial charge in [-0.1, -0.05) is 24.4 Å². The van der Waals surface area contributed by atoms with Gasteiger partial charge in [-0.3, -0.25) is 14.4 Å². The van der Waals surface area contributed by atoms with Crippen LogP contribution in [0.3, 0.4) is 0 Å². The highest BCUT2D eigenvalue weighted by Crippen LogP contribution is 2.38. The predicted octanol–water partition coefficient (Wildman–Crippen LogP) is 4.27. The number of H-pyrrole nitrogens is 1. The van der Waals surface area contributed by atoms with Crippen molar-refractivity contribution in [3.63, 3.8) is 0 Å². The van der Waals surface area contributed by atoms with E-state index in [4.69, 9.17) is 16.3 Å². The zero-order chi connectivity index (χ0) is 26.2. The number of nitrogens with zero attached hydrogens (tertiary/aromatic N) is 1. The molecule has 2 fully saturated rings. The van der Waals surface area contributed by atoms with E-state index >= 15 is 0 Å². The van der Waals surface area contributed by atoms with E-state index in [-0.39, 0.29) is 58.4 Å². The molecule has 1 saturated carbocycles. The first kappa shape index (κ1) is 26.0. The van der Waals surface area contributed by atoms with Crippen LogP contribution in [0.15, 0.2) is 12.1 Å². The van der Waals surface area contributed by atoms with Crippen molar-refractivity contribution in [2.24, 2.45) is 17.8 Å². The molecule has 4 rings (SSSR count). The number of carbonyl (C=O) groups excluding carboxylic acids is 3. The average molecular weight is 517 g/mol. The SMILES string of the molecule is COc1c(F)c(Cl)cc2[nH]c(C(=O)CC(CC3CC3)C(=O)NC(C#N)CC3CC(C)(C)NC3=O)cc12. The summed E-state index contributed by atoms with van der Waals surface area (Å²) in [6.07, 6.45) is 3.27. The summed E-state index contributed by atoms with van der Waals surface area (Å²) in [7, 11) is 1.32. The second-order valence-electron chi connectivity index (χ2n) is 10.6. The standard InChI is InChI=1S/C26H30ClFN4O4/c1-26(2)11-15(25(35)32-26)7-16(12-29)30-24(34)14(6-13-4-5-13)8-21(33)20-9-17-19(31-20)10-18(27)22(28)23(17)36-3/h9-10,13-16,31H,4-8,11H2,1-3H3,(H,30,34)(H,32,35). The third kappa shape index (κ3) is 5.65. The average Bonchev–Trinajstić information content (AvgIpc) is 3.47. The maximum Gasteiger partial charge on any atom is 0.224 e. The second-order valence-corrected chi connectivity index (χ2v) is 11.0. The zero-order valence-corrected chi connectivity index (χ0v) is 21.3. The number of hydrogen-bond donors (Lipinski definition) is 3. The Bertz CT molecular complexity index is 1250. The number of ether oxygens (including phenoxy) is 1. The molecule has 1 aromatic heterocycles. The molecule has 36 heavy (non-hydrogen) atoms. The molecule has 2 amide bonds. The molecule has 2 aliphatic rings. The number of Topliss-reactive ketones (excluding diaryl/α,β-unsaturated/α-hetero) is 1. The summed E-state index contributed by atoms with van der Waals surface area (Å²) in [4.78, 5) is 41.5. The molecule has 0 spiro atoms. The van der Waals surface area contributed by atoms with E-state index in [0.717, 1.165) is 12.8 Å². The van der Waals surface area contributed by atoms with Gasteiger partial charge >= 0.3 is 0 Å². The number of aromatic nitrogens is 1. The lowest BCUT2D eigenvalue weighted by Crippen LogP contribution is -2.40. The molecule has 0 bridgehead atoms. The third-order valence-electron chi connectivity index (χ3n) is 6.98. The van der Waals surface area contributed by atoms with Gasteiger partial charge in [-0.25, -0.2) is 4.39 Å². The first-order valence-electron chi connectivity index (χ1n) is 12.1. The molecule has 1 saturated heterocycles. The van der Waals surface area contributed by atoms with E-state index < -0.39 is 17.8 Å². The molecule has 1 aliphatic heterocycles. The molecule has 192 valence electrons. The van der Waals surface area contributed by atoms with Crippen LogP contribution in [0.5, 0.6) is 5.75 Å². The van der Waals surface area contributed by atoms with Gasteiger partial charge in [-0.2, -0.15) is 5.26 Å². The number of nitrogens with one attached hydrogen (secondary N) is 3. The van der Waals surface area contributed by atoms with Crippen LogP contribution in [0.1, 0.15) is 62.9 Å². The minimum Gasteiger partial charge on any atom is -0.493 e. The topological polar surface area (TPSA) is 124 Å². The normalized spacial score (nSPS) is 20.4. The molecule has 2 heterocycles. The maximum absolute atomic E-state index is 14.3. The summed E-state index contributed by atoms with van der Waals surface area (Å²) in [6, 6.07) is 4.15. The maximum atomic E-state index is 14.3. The van der Waals surface area contributed by atoms with Gasteiger partial charge in [0.05, 0.1) is 29.4 Å². The fraction of sp³-hybridized carbons (Fsp3) is 0.538. The Hall–Kier alpha value is -3.12. The van der Waals surface area contributed by atoms with Crippen LogP contribution in [0.2, 0.25) is 5.02 Å². The van der Waals surface area contributed by atoms with Gasteiger partial charge in [0, 0.05) is 29.2 Å². The molecule has 10 heteroatoms. The number of hydrogen-bond acceptors (Lipinski definition) is 5. The second kappa shape index (κ2) is 10.1. The van der Waals surface area contributed by atoms with Gasteiger partial charge in [-0.05, 0) is 51.2 Å². The van der Waals surface area contributed by atoms with Crippen molar-refractivity contribution in [2.45, 2.75) is 64.0 Å². The van der Waals surface area contributed by atoms with Crippen LogP contribution in [-0.4, -0.2) is 41.3 Å². The minimum absolute atomic E-state index is 0.0592. The molecule has 0 radical (unpaired) electrons. The summed E-state index contributed by atoms with van der Waals surface area (Å²) < 4.78 is 19.4. The quantitative estimate of drug-likeness (QED) is 0.407. The van der Waals surface area contributed by atoms with Crippen molar-refractivity contribution in [2.75, 3.05) is 7.11 Å². The summed E-state index contributed by atoms with van der Waals surface area (Å²) >= 11 is 5.93. The number of carbonyl (C=O) groups is 3. The Balaban J connectivity index is 1.47. The van der Waals surface area contributed by atoms with E-state index in [1.807, 2.05) is 13.8 Å². The smallest absolute Gasteiger partial charge is 0.224 e. The van der Waals surface area contributed by atoms with Crippen molar-refractivity contribution < 1.29 is 23.5 Å². The summed E-state index contributed by atoms with van der Waals surface area (Å²) in [5, 5.41) is 15.6. The monoisotopic (exact) mass is 516 g/mol. The number of aromatic amines is 1. The first-order chi connectivity index (χ1) is 17.0. The fourth-order valence-electron chi connectivity index (χ4n) is 5.02. The van der Waals surface area contributed by atoms with E-state index in [1.165, 1.54) is 19.2 Å². The number of halogens is 2. The molecule has 8 nitrogen and oxygen atoms in total. The van der Waals surface area contributed by atoms with Gasteiger partial charge in [0.2, 0.25) is 11.8 Å². The third-order valence-corrected chi connectivity index (χ3v) is 7.25. The first-order valence-corrected chi connectivity index (χ1v) is 12.5. The van der Waals surface area contributed by atoms with Crippen LogP contribution in [-0.2, 0) is 9.59 Å². The number of nitriles is 1. The van der Waals surface area contributed by atoms with Crippen LogP contribution < -0.4 is 15.4 Å². The number of ketones is 1. The number of rotatable bonds is 10. The summed E-state index contributed by atoms with van der Waals surface area (Å²) in [5.74, 6) is -2.19. The van der Waals surface area contributed by atoms with Crippen LogP contribution in [0.25, 0.3) is 10.9 Å². The Morgan fingerprint density at radius 1 is 1.33 bits per heavy atom. The lowest BCUT2D eigenvalue weighted by Gasteiger charge is -2.20. The predicted molar refractivity (Wildman–Crippen MR) is 132 cm³/mol. The van der Waals surface area contributed by atoms with Crippen LogP contribution >= 0.6 is 11.6 Å². The molecule has 1 aliphatic carbocycles. The van der Waals surface area contributed by atoms with Crippen LogP contribution in [0.4, 0.5) is 4.39 Å². The van der Waals surface area contributed by atoms with Crippen molar-refractivity contribution >= 4 is 40.1 Å². The highest BCUT2D eigenvalue weighted by Gasteiger charge is 2.39. The summed E-state index contributed by atoms with van der Waals surface area (Å²) in [6.45, 7) is 3.84. The molecule has 3 atom stereocenters. The Morgan fingerprint density at radius 2 is 2.06 bits per heavy atom. The molecule has 3 N–H and O–H groups in total. The number of benzene rings is 1. The van der Waals surface area contributed by atoms with Crippen molar-refractivity contribution in [1.82, 2.24) is 15.6 Å². The van der Waals surface area contributed by atoms with Crippen LogP contribution in [0, 0.1) is 34.9 Å². The Morgan fingerprint density at radius 3 is 2.64 bits per heavy atom. The largest absolute Gasteiger partial charge is 0.493 e. The van der Waals surface area contributed by atoms with Gasteiger partial charge in [0.25, 0.3) is 0 Å². The molecule has 1 aromatic carbocycles. The van der Waals surface area contributed by atoms with E-state index in [1.54, 1.807) is 0 Å². The molecular formula is C26H30ClFN4O4. The summed E-state index contributed by atoms with van der Waals surface area (Å²) in [5.41, 5.74) is 0.328. The van der Waals surface area contributed by atoms with Crippen molar-refractivity contribution in [1.29, 1.82) is 5.26 Å². The van der Waals surface area contributed by atoms with Crippen molar-refractivity contribution in [3.8, 4) is 11.8 Å². The molecule has 2 aromatic rings. The molecular weight excluding hydrogens is 487 g/mol. The zero-order valence-electron chi connectivity index (χ0n) is 20.5. The Kier molecular flexibility index (Phi) is 7.28. The van der Waals surface area contributed by atoms with Crippen molar-refractivity contribution in [3.05, 3.63) is 28.7 Å². The van der Waals surface area contributed by atoms with E-state index in [9.17, 15) is 24.0 Å². The highest BCUT2D eigenvalue weighted by molar-refractivity contribution is 6.31. The van der Waals surface area contributed by atoms with Gasteiger partial charge in [-0.15, -0.1) is 0 Å². The lowest BCUT2D eigenvalue weighted by molar-refractivity contribution is -0.127. The Labute approximate surface area is 213 Å². The van der Waals surface area contributed by atoms with Gasteiger partial charge in [0.15, 0.2) is 17.3 Å². The van der Waals surface area contributed by atoms with E-state index in [2.05, 4.69) is 21.7 Å². The minimum atomic E-state index is -0.832. The van der Waals surface area contributed by atoms with Gasteiger partial charge < -0.3 is 20.4 Å². The van der Waals surface area contributed by atoms with E-state index in [0.29, 0.717) is 29.7 Å². The fourth-order valence-corrected chi connectivity index (χ4v) is 5.21. The number of amides is 2. The lowest BCUT2D eigenvalue weighted by atomic mass is 9.90. The molecule has 3 unspecified atom stereocenters. The number of methoxy groups -OCH3 is 1. The highest BCUT2D eigenvalue weighted by atomic mass is 35.5. The van der Waals surface area contributed by atoms with Gasteiger partial charge in [0.1, 0.15) is 6.04 Å².